The van der Waals surface area contributed by atoms with Gasteiger partial charge in [-0.15, -0.1) is 0 Å². The van der Waals surface area contributed by atoms with Crippen LogP contribution in [0, 0.1) is 0 Å². The first-order valence-electron chi connectivity index (χ1n) is 6.54. The van der Waals surface area contributed by atoms with Gasteiger partial charge in [-0.05, 0) is 48.5 Å². The molecule has 2 aromatic carbocycles. The van der Waals surface area contributed by atoms with E-state index < -0.39 is 0 Å². The summed E-state index contributed by atoms with van der Waals surface area (Å²) in [6.45, 7) is 0.562. The van der Waals surface area contributed by atoms with Gasteiger partial charge in [-0.2, -0.15) is 5.10 Å². The van der Waals surface area contributed by atoms with Crippen LogP contribution < -0.4 is 5.32 Å². The minimum absolute atomic E-state index is 0.291. The van der Waals surface area contributed by atoms with Gasteiger partial charge in [-0.3, -0.25) is 0 Å². The summed E-state index contributed by atoms with van der Waals surface area (Å²) < 4.78 is 2.76. The van der Waals surface area contributed by atoms with Crippen molar-refractivity contribution in [2.45, 2.75) is 6.54 Å². The third-order valence-electron chi connectivity index (χ3n) is 3.16. The van der Waals surface area contributed by atoms with Gasteiger partial charge in [-0.25, -0.2) is 4.68 Å². The van der Waals surface area contributed by atoms with Crippen LogP contribution in [0.2, 0.25) is 0 Å². The Morgan fingerprint density at radius 2 is 1.95 bits per heavy atom. The van der Waals surface area contributed by atoms with Gasteiger partial charge in [0.15, 0.2) is 0 Å². The van der Waals surface area contributed by atoms with Crippen molar-refractivity contribution in [3.8, 4) is 11.4 Å². The van der Waals surface area contributed by atoms with E-state index in [2.05, 4.69) is 26.3 Å². The maximum Gasteiger partial charge on any atom is 0.120 e. The second-order valence-corrected chi connectivity index (χ2v) is 5.54. The molecule has 0 spiro atoms. The van der Waals surface area contributed by atoms with Gasteiger partial charge in [0.1, 0.15) is 5.75 Å². The number of aromatic hydroxyl groups is 1. The Hall–Kier alpha value is -2.27. The van der Waals surface area contributed by atoms with Crippen molar-refractivity contribution >= 4 is 21.6 Å². The maximum atomic E-state index is 9.81. The Bertz CT molecular complexity index is 724. The second kappa shape index (κ2) is 6.01. The Labute approximate surface area is 131 Å². The highest BCUT2D eigenvalue weighted by molar-refractivity contribution is 9.10. The fourth-order valence-electron chi connectivity index (χ4n) is 2.05. The van der Waals surface area contributed by atoms with Crippen LogP contribution in [0.25, 0.3) is 5.69 Å². The summed E-state index contributed by atoms with van der Waals surface area (Å²) in [5.74, 6) is 0.291. The lowest BCUT2D eigenvalue weighted by molar-refractivity contribution is 0.469. The van der Waals surface area contributed by atoms with Gasteiger partial charge in [0, 0.05) is 34.7 Å². The standard InChI is InChI=1S/C16H14BrN3O/c17-13-2-7-16(21)12(10-13)11-18-14-3-5-15(6-4-14)20-9-1-8-19-20/h1-10,18,21H,11H2. The molecule has 0 bridgehead atoms. The van der Waals surface area contributed by atoms with Gasteiger partial charge in [0.25, 0.3) is 0 Å². The number of nitrogens with zero attached hydrogens (tertiary/aromatic N) is 2. The summed E-state index contributed by atoms with van der Waals surface area (Å²) >= 11 is 3.41. The summed E-state index contributed by atoms with van der Waals surface area (Å²) in [6, 6.07) is 15.3. The predicted octanol–water partition coefficient (Wildman–Crippen LogP) is 3.95. The molecule has 0 unspecified atom stereocenters. The Morgan fingerprint density at radius 3 is 2.67 bits per heavy atom. The third-order valence-corrected chi connectivity index (χ3v) is 3.65. The van der Waals surface area contributed by atoms with Crippen LogP contribution in [0.1, 0.15) is 5.56 Å². The molecule has 106 valence electrons. The smallest absolute Gasteiger partial charge is 0.120 e. The van der Waals surface area contributed by atoms with Gasteiger partial charge in [-0.1, -0.05) is 15.9 Å². The first-order chi connectivity index (χ1) is 10.2. The number of hydrogen-bond acceptors (Lipinski definition) is 3. The molecular formula is C16H14BrN3O. The zero-order chi connectivity index (χ0) is 14.7. The molecular weight excluding hydrogens is 330 g/mol. The number of benzene rings is 2. The van der Waals surface area contributed by atoms with Gasteiger partial charge >= 0.3 is 0 Å². The quantitative estimate of drug-likeness (QED) is 0.753. The van der Waals surface area contributed by atoms with Crippen molar-refractivity contribution in [3.05, 3.63) is 71.0 Å². The van der Waals surface area contributed by atoms with E-state index in [1.807, 2.05) is 53.3 Å². The fraction of sp³-hybridized carbons (Fsp3) is 0.0625. The number of anilines is 1. The number of rotatable bonds is 4. The van der Waals surface area contributed by atoms with Crippen molar-refractivity contribution in [1.29, 1.82) is 0 Å². The van der Waals surface area contributed by atoms with Crippen molar-refractivity contribution in [2.24, 2.45) is 0 Å². The molecule has 0 amide bonds. The molecule has 1 heterocycles. The molecule has 2 N–H and O–H groups in total. The lowest BCUT2D eigenvalue weighted by Crippen LogP contribution is -2.00. The number of phenols is 1. The highest BCUT2D eigenvalue weighted by atomic mass is 79.9. The molecule has 0 radical (unpaired) electrons. The van der Waals surface area contributed by atoms with E-state index in [1.165, 1.54) is 0 Å². The van der Waals surface area contributed by atoms with E-state index in [0.717, 1.165) is 21.4 Å². The van der Waals surface area contributed by atoms with Gasteiger partial charge in [0.05, 0.1) is 5.69 Å². The average molecular weight is 344 g/mol. The van der Waals surface area contributed by atoms with Crippen LogP contribution in [0.15, 0.2) is 65.4 Å². The van der Waals surface area contributed by atoms with Crippen LogP contribution in [0.5, 0.6) is 5.75 Å². The van der Waals surface area contributed by atoms with Crippen molar-refractivity contribution < 1.29 is 5.11 Å². The van der Waals surface area contributed by atoms with E-state index in [9.17, 15) is 5.11 Å². The maximum absolute atomic E-state index is 9.81. The summed E-state index contributed by atoms with van der Waals surface area (Å²) in [5.41, 5.74) is 2.85. The number of halogens is 1. The molecule has 0 atom stereocenters. The largest absolute Gasteiger partial charge is 0.508 e. The first-order valence-corrected chi connectivity index (χ1v) is 7.33. The zero-order valence-corrected chi connectivity index (χ0v) is 12.8. The Morgan fingerprint density at radius 1 is 1.14 bits per heavy atom. The molecule has 0 aliphatic rings. The highest BCUT2D eigenvalue weighted by Gasteiger charge is 2.02. The third kappa shape index (κ3) is 3.25. The molecule has 5 heteroatoms. The molecule has 3 rings (SSSR count). The van der Waals surface area contributed by atoms with Crippen molar-refractivity contribution in [1.82, 2.24) is 9.78 Å². The summed E-state index contributed by atoms with van der Waals surface area (Å²) in [5, 5.41) is 17.3. The molecule has 0 fully saturated rings. The molecule has 4 nitrogen and oxygen atoms in total. The van der Waals surface area contributed by atoms with E-state index in [-0.39, 0.29) is 0 Å². The Balaban J connectivity index is 1.70. The van der Waals surface area contributed by atoms with Gasteiger partial charge in [0.2, 0.25) is 0 Å². The predicted molar refractivity (Wildman–Crippen MR) is 86.7 cm³/mol. The van der Waals surface area contributed by atoms with Crippen molar-refractivity contribution in [2.75, 3.05) is 5.32 Å². The first kappa shape index (κ1) is 13.7. The summed E-state index contributed by atoms with van der Waals surface area (Å²) in [4.78, 5) is 0. The second-order valence-electron chi connectivity index (χ2n) is 4.62. The SMILES string of the molecule is Oc1ccc(Br)cc1CNc1ccc(-n2cccn2)cc1. The van der Waals surface area contributed by atoms with Crippen LogP contribution >= 0.6 is 15.9 Å². The number of hydrogen-bond donors (Lipinski definition) is 2. The van der Waals surface area contributed by atoms with Crippen LogP contribution in [-0.2, 0) is 6.54 Å². The normalized spacial score (nSPS) is 10.5. The Kier molecular flexibility index (Phi) is 3.92. The average Bonchev–Trinajstić information content (AvgIpc) is 3.03. The summed E-state index contributed by atoms with van der Waals surface area (Å²) in [6.07, 6.45) is 3.66. The van der Waals surface area contributed by atoms with Crippen LogP contribution in [0.3, 0.4) is 0 Å². The highest BCUT2D eigenvalue weighted by Crippen LogP contribution is 2.23. The van der Waals surface area contributed by atoms with Crippen LogP contribution in [0.4, 0.5) is 5.69 Å². The van der Waals surface area contributed by atoms with Gasteiger partial charge < -0.3 is 10.4 Å². The molecule has 0 saturated carbocycles. The number of phenolic OH excluding ortho intramolecular Hbond substituents is 1. The van der Waals surface area contributed by atoms with E-state index in [4.69, 9.17) is 0 Å². The lowest BCUT2D eigenvalue weighted by atomic mass is 10.2. The summed E-state index contributed by atoms with van der Waals surface area (Å²) in [7, 11) is 0. The zero-order valence-electron chi connectivity index (χ0n) is 11.2. The molecule has 3 aromatic rings. The van der Waals surface area contributed by atoms with E-state index in [1.54, 1.807) is 12.3 Å². The number of nitrogens with one attached hydrogen (secondary N) is 1. The molecule has 0 saturated heterocycles. The van der Waals surface area contributed by atoms with Crippen LogP contribution in [-0.4, -0.2) is 14.9 Å². The molecule has 0 aliphatic carbocycles. The minimum atomic E-state index is 0.291. The minimum Gasteiger partial charge on any atom is -0.508 e. The fourth-order valence-corrected chi connectivity index (χ4v) is 2.46. The van der Waals surface area contributed by atoms with E-state index >= 15 is 0 Å². The van der Waals surface area contributed by atoms with Crippen molar-refractivity contribution in [3.63, 3.8) is 0 Å². The molecule has 21 heavy (non-hydrogen) atoms. The lowest BCUT2D eigenvalue weighted by Gasteiger charge is -2.09. The molecule has 1 aromatic heterocycles. The monoisotopic (exact) mass is 343 g/mol. The van der Waals surface area contributed by atoms with E-state index in [0.29, 0.717) is 12.3 Å². The molecule has 0 aliphatic heterocycles. The number of aromatic nitrogens is 2. The topological polar surface area (TPSA) is 50.1 Å².